The standard InChI is InChI=1S/C13H10BClF2O3/c15-11-6-10(3-4-12(11)16)20-7-8-1-2-9(14(18)19)5-13(8)17/h1-6,18-19H,7H2. The number of halogens is 3. The Balaban J connectivity index is 2.09. The van der Waals surface area contributed by atoms with Gasteiger partial charge in [0.15, 0.2) is 0 Å². The molecule has 0 radical (unpaired) electrons. The van der Waals surface area contributed by atoms with Gasteiger partial charge in [-0.2, -0.15) is 0 Å². The lowest BCUT2D eigenvalue weighted by Crippen LogP contribution is -2.30. The van der Waals surface area contributed by atoms with Gasteiger partial charge in [0.2, 0.25) is 0 Å². The van der Waals surface area contributed by atoms with E-state index in [2.05, 4.69) is 0 Å². The van der Waals surface area contributed by atoms with Crippen molar-refractivity contribution >= 4 is 24.2 Å². The molecule has 0 aromatic heterocycles. The molecule has 0 heterocycles. The Morgan fingerprint density at radius 1 is 1.05 bits per heavy atom. The van der Waals surface area contributed by atoms with E-state index in [0.717, 1.165) is 12.1 Å². The monoisotopic (exact) mass is 298 g/mol. The minimum atomic E-state index is -1.73. The van der Waals surface area contributed by atoms with Gasteiger partial charge in [-0.1, -0.05) is 23.7 Å². The first kappa shape index (κ1) is 14.8. The van der Waals surface area contributed by atoms with Crippen molar-refractivity contribution in [3.8, 4) is 5.75 Å². The first-order valence-electron chi connectivity index (χ1n) is 5.69. The Kier molecular flexibility index (Phi) is 4.59. The second-order valence-corrected chi connectivity index (χ2v) is 4.50. The smallest absolute Gasteiger partial charge is 0.488 e. The maximum atomic E-state index is 13.7. The zero-order valence-corrected chi connectivity index (χ0v) is 10.9. The van der Waals surface area contributed by atoms with Crippen LogP contribution in [0.5, 0.6) is 5.75 Å². The molecule has 2 rings (SSSR count). The Bertz CT molecular complexity index is 623. The molecule has 0 aliphatic heterocycles. The molecule has 104 valence electrons. The molecule has 7 heteroatoms. The lowest BCUT2D eigenvalue weighted by atomic mass is 9.80. The van der Waals surface area contributed by atoms with E-state index in [-0.39, 0.29) is 22.7 Å². The average Bonchev–Trinajstić information content (AvgIpc) is 2.41. The highest BCUT2D eigenvalue weighted by molar-refractivity contribution is 6.58. The highest BCUT2D eigenvalue weighted by Crippen LogP contribution is 2.22. The summed E-state index contributed by atoms with van der Waals surface area (Å²) in [5.41, 5.74) is 0.283. The Labute approximate surface area is 119 Å². The number of rotatable bonds is 4. The first-order valence-corrected chi connectivity index (χ1v) is 6.07. The van der Waals surface area contributed by atoms with Crippen molar-refractivity contribution in [2.45, 2.75) is 6.61 Å². The van der Waals surface area contributed by atoms with Crippen LogP contribution in [0.3, 0.4) is 0 Å². The lowest BCUT2D eigenvalue weighted by molar-refractivity contribution is 0.299. The highest BCUT2D eigenvalue weighted by atomic mass is 35.5. The Morgan fingerprint density at radius 2 is 1.80 bits per heavy atom. The topological polar surface area (TPSA) is 49.7 Å². The third kappa shape index (κ3) is 3.48. The summed E-state index contributed by atoms with van der Waals surface area (Å²) in [7, 11) is -1.73. The fourth-order valence-electron chi connectivity index (χ4n) is 1.57. The van der Waals surface area contributed by atoms with Gasteiger partial charge in [0.05, 0.1) is 5.02 Å². The summed E-state index contributed by atoms with van der Waals surface area (Å²) >= 11 is 5.60. The molecular weight excluding hydrogens is 288 g/mol. The summed E-state index contributed by atoms with van der Waals surface area (Å²) in [6, 6.07) is 7.60. The molecule has 0 unspecified atom stereocenters. The second kappa shape index (κ2) is 6.22. The van der Waals surface area contributed by atoms with Gasteiger partial charge in [0.25, 0.3) is 0 Å². The average molecular weight is 298 g/mol. The van der Waals surface area contributed by atoms with Gasteiger partial charge < -0.3 is 14.8 Å². The first-order chi connectivity index (χ1) is 9.47. The molecule has 0 atom stereocenters. The van der Waals surface area contributed by atoms with Crippen molar-refractivity contribution < 1.29 is 23.6 Å². The molecule has 0 aliphatic rings. The minimum Gasteiger partial charge on any atom is -0.489 e. The van der Waals surface area contributed by atoms with Crippen LogP contribution in [0.15, 0.2) is 36.4 Å². The minimum absolute atomic E-state index is 0.0519. The molecule has 0 saturated carbocycles. The predicted molar refractivity (Wildman–Crippen MR) is 72.0 cm³/mol. The number of ether oxygens (including phenoxy) is 1. The van der Waals surface area contributed by atoms with Crippen LogP contribution in [0, 0.1) is 11.6 Å². The van der Waals surface area contributed by atoms with E-state index in [9.17, 15) is 8.78 Å². The summed E-state index contributed by atoms with van der Waals surface area (Å²) in [5.74, 6) is -0.877. The highest BCUT2D eigenvalue weighted by Gasteiger charge is 2.13. The van der Waals surface area contributed by atoms with Crippen LogP contribution in [0.1, 0.15) is 5.56 Å². The molecule has 0 spiro atoms. The number of hydrogen-bond donors (Lipinski definition) is 2. The normalized spacial score (nSPS) is 10.4. The van der Waals surface area contributed by atoms with Gasteiger partial charge >= 0.3 is 7.12 Å². The summed E-state index contributed by atoms with van der Waals surface area (Å²) in [6.45, 7) is -0.0877. The van der Waals surface area contributed by atoms with Gasteiger partial charge in [0, 0.05) is 11.6 Å². The van der Waals surface area contributed by atoms with Crippen molar-refractivity contribution in [3.63, 3.8) is 0 Å². The fraction of sp³-hybridized carbons (Fsp3) is 0.0769. The van der Waals surface area contributed by atoms with Gasteiger partial charge in [-0.3, -0.25) is 0 Å². The zero-order valence-electron chi connectivity index (χ0n) is 10.2. The molecule has 0 aliphatic carbocycles. The molecule has 0 fully saturated rings. The molecule has 2 aromatic carbocycles. The molecule has 2 aromatic rings. The maximum absolute atomic E-state index is 13.7. The molecule has 20 heavy (non-hydrogen) atoms. The van der Waals surface area contributed by atoms with Crippen molar-refractivity contribution in [1.82, 2.24) is 0 Å². The van der Waals surface area contributed by atoms with Crippen molar-refractivity contribution in [2.75, 3.05) is 0 Å². The van der Waals surface area contributed by atoms with Gasteiger partial charge in [0.1, 0.15) is 24.0 Å². The van der Waals surface area contributed by atoms with E-state index in [0.29, 0.717) is 5.75 Å². The van der Waals surface area contributed by atoms with Crippen LogP contribution in [0.2, 0.25) is 5.02 Å². The van der Waals surface area contributed by atoms with Crippen molar-refractivity contribution in [3.05, 3.63) is 58.6 Å². The number of hydrogen-bond acceptors (Lipinski definition) is 3. The molecular formula is C13H10BClF2O3. The third-order valence-corrected chi connectivity index (χ3v) is 2.95. The van der Waals surface area contributed by atoms with E-state index in [1.807, 2.05) is 0 Å². The van der Waals surface area contributed by atoms with E-state index < -0.39 is 18.8 Å². The third-order valence-electron chi connectivity index (χ3n) is 2.66. The Morgan fingerprint density at radius 3 is 2.40 bits per heavy atom. The van der Waals surface area contributed by atoms with Crippen LogP contribution >= 0.6 is 11.6 Å². The summed E-state index contributed by atoms with van der Waals surface area (Å²) in [4.78, 5) is 0. The van der Waals surface area contributed by atoms with Crippen molar-refractivity contribution in [2.24, 2.45) is 0 Å². The summed E-state index contributed by atoms with van der Waals surface area (Å²) < 4.78 is 31.9. The van der Waals surface area contributed by atoms with Crippen LogP contribution in [-0.4, -0.2) is 17.2 Å². The maximum Gasteiger partial charge on any atom is 0.488 e. The Hall–Kier alpha value is -1.63. The molecule has 2 N–H and O–H groups in total. The van der Waals surface area contributed by atoms with Crippen LogP contribution in [0.25, 0.3) is 0 Å². The van der Waals surface area contributed by atoms with Crippen LogP contribution in [0.4, 0.5) is 8.78 Å². The van der Waals surface area contributed by atoms with E-state index in [1.165, 1.54) is 24.3 Å². The number of benzene rings is 2. The van der Waals surface area contributed by atoms with Crippen LogP contribution in [-0.2, 0) is 6.61 Å². The lowest BCUT2D eigenvalue weighted by Gasteiger charge is -2.09. The molecule has 0 bridgehead atoms. The molecule has 3 nitrogen and oxygen atoms in total. The SMILES string of the molecule is OB(O)c1ccc(COc2ccc(F)c(Cl)c2)c(F)c1. The quantitative estimate of drug-likeness (QED) is 0.847. The largest absolute Gasteiger partial charge is 0.489 e. The van der Waals surface area contributed by atoms with E-state index in [1.54, 1.807) is 0 Å². The summed E-state index contributed by atoms with van der Waals surface area (Å²) in [5, 5.41) is 17.7. The van der Waals surface area contributed by atoms with E-state index >= 15 is 0 Å². The second-order valence-electron chi connectivity index (χ2n) is 4.09. The zero-order chi connectivity index (χ0) is 14.7. The van der Waals surface area contributed by atoms with Crippen LogP contribution < -0.4 is 10.2 Å². The van der Waals surface area contributed by atoms with Gasteiger partial charge in [-0.25, -0.2) is 8.78 Å². The van der Waals surface area contributed by atoms with E-state index in [4.69, 9.17) is 26.4 Å². The molecule has 0 saturated heterocycles. The van der Waals surface area contributed by atoms with Crippen molar-refractivity contribution in [1.29, 1.82) is 0 Å². The van der Waals surface area contributed by atoms with Gasteiger partial charge in [-0.15, -0.1) is 0 Å². The molecule has 0 amide bonds. The van der Waals surface area contributed by atoms with Gasteiger partial charge in [-0.05, 0) is 23.7 Å². The predicted octanol–water partition coefficient (Wildman–Crippen LogP) is 1.88. The fourth-order valence-corrected chi connectivity index (χ4v) is 1.74. The summed E-state index contributed by atoms with van der Waals surface area (Å²) in [6.07, 6.45) is 0.